The van der Waals surface area contributed by atoms with Crippen LogP contribution in [0.4, 0.5) is 0 Å². The van der Waals surface area contributed by atoms with Crippen molar-refractivity contribution >= 4 is 17.7 Å². The van der Waals surface area contributed by atoms with E-state index in [-0.39, 0.29) is 30.5 Å². The zero-order valence-corrected chi connectivity index (χ0v) is 12.1. The second kappa shape index (κ2) is 8.50. The molecule has 0 amide bonds. The van der Waals surface area contributed by atoms with Crippen LogP contribution >= 0.6 is 0 Å². The lowest BCUT2D eigenvalue weighted by Crippen LogP contribution is -2.13. The number of methoxy groups -OCH3 is 1. The molecule has 1 rings (SSSR count). The molecule has 0 aliphatic rings. The molecule has 0 spiro atoms. The van der Waals surface area contributed by atoms with Crippen LogP contribution in [0.5, 0.6) is 5.88 Å². The number of isocyanates is 1. The third-order valence-corrected chi connectivity index (χ3v) is 2.34. The molecule has 0 fully saturated rings. The summed E-state index contributed by atoms with van der Waals surface area (Å²) in [6.45, 7) is 3.73. The maximum atomic E-state index is 12.0. The van der Waals surface area contributed by atoms with Gasteiger partial charge >= 0.3 is 5.97 Å². The van der Waals surface area contributed by atoms with Crippen LogP contribution in [-0.2, 0) is 19.1 Å². The molecule has 7 nitrogen and oxygen atoms in total. The van der Waals surface area contributed by atoms with Crippen molar-refractivity contribution in [2.75, 3.05) is 20.3 Å². The van der Waals surface area contributed by atoms with Gasteiger partial charge in [0.2, 0.25) is 17.7 Å². The van der Waals surface area contributed by atoms with E-state index in [2.05, 4.69) is 9.98 Å². The molecular formula is C14H16N2O5. The fourth-order valence-electron chi connectivity index (χ4n) is 1.58. The minimum Gasteiger partial charge on any atom is -0.485 e. The van der Waals surface area contributed by atoms with Crippen molar-refractivity contribution in [2.45, 2.75) is 13.8 Å². The molecule has 1 aromatic rings. The monoisotopic (exact) mass is 292 g/mol. The van der Waals surface area contributed by atoms with E-state index in [1.165, 1.54) is 19.4 Å². The molecule has 0 saturated heterocycles. The molecule has 112 valence electrons. The Labute approximate surface area is 122 Å². The van der Waals surface area contributed by atoms with Crippen molar-refractivity contribution in [1.82, 2.24) is 4.98 Å². The number of nitrogens with zero attached hydrogens (tertiary/aromatic N) is 2. The summed E-state index contributed by atoms with van der Waals surface area (Å²) >= 11 is 0. The zero-order valence-electron chi connectivity index (χ0n) is 12.1. The molecule has 1 aromatic heterocycles. The Bertz CT molecular complexity index is 576. The molecule has 1 heterocycles. The van der Waals surface area contributed by atoms with Crippen LogP contribution in [0.25, 0.3) is 5.70 Å². The van der Waals surface area contributed by atoms with Gasteiger partial charge in [0.15, 0.2) is 0 Å². The summed E-state index contributed by atoms with van der Waals surface area (Å²) in [7, 11) is 1.42. The van der Waals surface area contributed by atoms with Gasteiger partial charge in [-0.05, 0) is 26.0 Å². The third kappa shape index (κ3) is 4.15. The summed E-state index contributed by atoms with van der Waals surface area (Å²) in [5, 5.41) is 0. The predicted octanol–water partition coefficient (Wildman–Crippen LogP) is 1.69. The number of hydrogen-bond donors (Lipinski definition) is 0. The standard InChI is InChI=1S/C14H16N2O5/c1-4-20-12(14(18)21-5-2)11(16-9-17)10-7-6-8-15-13(10)19-3/h6-8H,4-5H2,1-3H3. The summed E-state index contributed by atoms with van der Waals surface area (Å²) in [6, 6.07) is 3.22. The first-order valence-corrected chi connectivity index (χ1v) is 6.30. The van der Waals surface area contributed by atoms with E-state index in [9.17, 15) is 9.59 Å². The summed E-state index contributed by atoms with van der Waals surface area (Å²) in [5.41, 5.74) is 0.301. The second-order valence-electron chi connectivity index (χ2n) is 3.59. The predicted molar refractivity (Wildman–Crippen MR) is 74.1 cm³/mol. The van der Waals surface area contributed by atoms with E-state index in [1.807, 2.05) is 0 Å². The van der Waals surface area contributed by atoms with Gasteiger partial charge in [0.25, 0.3) is 0 Å². The number of esters is 1. The summed E-state index contributed by atoms with van der Waals surface area (Å²) < 4.78 is 15.3. The highest BCUT2D eigenvalue weighted by Crippen LogP contribution is 2.28. The van der Waals surface area contributed by atoms with E-state index in [0.717, 1.165) is 0 Å². The highest BCUT2D eigenvalue weighted by atomic mass is 16.6. The first-order valence-electron chi connectivity index (χ1n) is 6.30. The summed E-state index contributed by atoms with van der Waals surface area (Å²) in [5.74, 6) is -0.707. The molecular weight excluding hydrogens is 276 g/mol. The van der Waals surface area contributed by atoms with E-state index >= 15 is 0 Å². The molecule has 0 N–H and O–H groups in total. The summed E-state index contributed by atoms with van der Waals surface area (Å²) in [4.78, 5) is 30.2. The minimum absolute atomic E-state index is 0.0322. The quantitative estimate of drug-likeness (QED) is 0.250. The normalized spacial score (nSPS) is 11.0. The van der Waals surface area contributed by atoms with Crippen molar-refractivity contribution in [1.29, 1.82) is 0 Å². The Morgan fingerprint density at radius 1 is 1.33 bits per heavy atom. The fraction of sp³-hybridized carbons (Fsp3) is 0.357. The zero-order chi connectivity index (χ0) is 15.7. The van der Waals surface area contributed by atoms with Crippen LogP contribution in [0.2, 0.25) is 0 Å². The van der Waals surface area contributed by atoms with Gasteiger partial charge in [0.05, 0.1) is 25.9 Å². The highest BCUT2D eigenvalue weighted by Gasteiger charge is 2.22. The van der Waals surface area contributed by atoms with Crippen molar-refractivity contribution < 1.29 is 23.8 Å². The van der Waals surface area contributed by atoms with Gasteiger partial charge in [-0.1, -0.05) is 0 Å². The number of aliphatic imine (C=N–C) groups is 1. The first-order chi connectivity index (χ1) is 10.2. The van der Waals surface area contributed by atoms with Crippen molar-refractivity contribution in [2.24, 2.45) is 4.99 Å². The number of pyridine rings is 1. The smallest absolute Gasteiger partial charge is 0.375 e. The Kier molecular flexibility index (Phi) is 6.63. The maximum absolute atomic E-state index is 12.0. The number of carbonyl (C=O) groups excluding carboxylic acids is 2. The van der Waals surface area contributed by atoms with Gasteiger partial charge < -0.3 is 14.2 Å². The van der Waals surface area contributed by atoms with Gasteiger partial charge in [-0.25, -0.2) is 14.6 Å². The van der Waals surface area contributed by atoms with Crippen LogP contribution in [0.15, 0.2) is 29.1 Å². The Morgan fingerprint density at radius 3 is 2.62 bits per heavy atom. The molecule has 7 heteroatoms. The van der Waals surface area contributed by atoms with Crippen LogP contribution in [0, 0.1) is 0 Å². The Hall–Kier alpha value is -2.66. The first kappa shape index (κ1) is 16.4. The lowest BCUT2D eigenvalue weighted by Gasteiger charge is -2.12. The second-order valence-corrected chi connectivity index (χ2v) is 3.59. The lowest BCUT2D eigenvalue weighted by molar-refractivity contribution is -0.142. The number of ether oxygens (including phenoxy) is 3. The molecule has 0 aromatic carbocycles. The third-order valence-electron chi connectivity index (χ3n) is 2.34. The van der Waals surface area contributed by atoms with Crippen molar-refractivity contribution in [3.8, 4) is 5.88 Å². The number of aromatic nitrogens is 1. The van der Waals surface area contributed by atoms with E-state index in [0.29, 0.717) is 5.56 Å². The molecule has 0 radical (unpaired) electrons. The molecule has 0 bridgehead atoms. The van der Waals surface area contributed by atoms with Crippen molar-refractivity contribution in [3.05, 3.63) is 29.7 Å². The maximum Gasteiger partial charge on any atom is 0.375 e. The van der Waals surface area contributed by atoms with Gasteiger partial charge in [0, 0.05) is 6.20 Å². The van der Waals surface area contributed by atoms with Crippen LogP contribution < -0.4 is 4.74 Å². The average Bonchev–Trinajstić information content (AvgIpc) is 2.51. The topological polar surface area (TPSA) is 87.1 Å². The number of hydrogen-bond acceptors (Lipinski definition) is 7. The molecule has 0 aliphatic carbocycles. The SMILES string of the molecule is CCOC(=O)C(OCC)=C(N=C=O)c1cccnc1OC. The van der Waals surface area contributed by atoms with Crippen LogP contribution in [0.1, 0.15) is 19.4 Å². The summed E-state index contributed by atoms with van der Waals surface area (Å²) in [6.07, 6.45) is 2.91. The number of rotatable bonds is 7. The average molecular weight is 292 g/mol. The van der Waals surface area contributed by atoms with E-state index in [4.69, 9.17) is 14.2 Å². The minimum atomic E-state index is -0.723. The fourth-order valence-corrected chi connectivity index (χ4v) is 1.58. The highest BCUT2D eigenvalue weighted by molar-refractivity contribution is 5.96. The molecule has 0 unspecified atom stereocenters. The molecule has 21 heavy (non-hydrogen) atoms. The number of carbonyl (C=O) groups is 1. The molecule has 0 atom stereocenters. The largest absolute Gasteiger partial charge is 0.485 e. The van der Waals surface area contributed by atoms with E-state index in [1.54, 1.807) is 26.0 Å². The molecule has 0 aliphatic heterocycles. The van der Waals surface area contributed by atoms with E-state index < -0.39 is 5.97 Å². The van der Waals surface area contributed by atoms with Crippen molar-refractivity contribution in [3.63, 3.8) is 0 Å². The van der Waals surface area contributed by atoms with Gasteiger partial charge in [0.1, 0.15) is 5.70 Å². The molecule has 0 saturated carbocycles. The van der Waals surface area contributed by atoms with Crippen LogP contribution in [0.3, 0.4) is 0 Å². The van der Waals surface area contributed by atoms with Gasteiger partial charge in [-0.15, -0.1) is 0 Å². The van der Waals surface area contributed by atoms with Gasteiger partial charge in [-0.3, -0.25) is 0 Å². The Morgan fingerprint density at radius 2 is 2.05 bits per heavy atom. The Balaban J connectivity index is 3.50. The van der Waals surface area contributed by atoms with Crippen LogP contribution in [-0.4, -0.2) is 37.4 Å². The van der Waals surface area contributed by atoms with Gasteiger partial charge in [-0.2, -0.15) is 4.99 Å². The lowest BCUT2D eigenvalue weighted by atomic mass is 10.1.